The van der Waals surface area contributed by atoms with Crippen LogP contribution in [0.25, 0.3) is 11.2 Å². The van der Waals surface area contributed by atoms with Crippen molar-refractivity contribution < 1.29 is 23.8 Å². The molecule has 0 aliphatic carbocycles. The first-order chi connectivity index (χ1) is 18.3. The van der Waals surface area contributed by atoms with Gasteiger partial charge in [0.25, 0.3) is 0 Å². The lowest BCUT2D eigenvalue weighted by molar-refractivity contribution is -0.0589. The summed E-state index contributed by atoms with van der Waals surface area (Å²) in [6, 6.07) is 17.3. The summed E-state index contributed by atoms with van der Waals surface area (Å²) in [6.45, 7) is 3.64. The molecule has 0 radical (unpaired) electrons. The van der Waals surface area contributed by atoms with Crippen molar-refractivity contribution in [2.45, 2.75) is 38.7 Å². The molecule has 2 aromatic carbocycles. The average molecular weight is 555 g/mol. The lowest BCUT2D eigenvalue weighted by Gasteiger charge is -2.34. The van der Waals surface area contributed by atoms with E-state index in [1.54, 1.807) is 53.1 Å². The number of imidazole rings is 1. The SMILES string of the molecule is CC[C@H]1O[C@@H](n2cnc3c(Cl)nc(Cl)nc32)[C@@](C)(COC(=O)c2ccccc2)C1OC(=O)c1ccccc1. The van der Waals surface area contributed by atoms with Crippen molar-refractivity contribution >= 4 is 46.3 Å². The lowest BCUT2D eigenvalue weighted by atomic mass is 9.82. The first-order valence-electron chi connectivity index (χ1n) is 12.0. The number of benzene rings is 2. The molecule has 0 spiro atoms. The van der Waals surface area contributed by atoms with E-state index in [0.29, 0.717) is 28.7 Å². The van der Waals surface area contributed by atoms with Crippen molar-refractivity contribution in [3.05, 3.63) is 88.6 Å². The molecule has 4 atom stereocenters. The van der Waals surface area contributed by atoms with Gasteiger partial charge in [0.05, 0.1) is 29.0 Å². The molecular weight excluding hydrogens is 531 g/mol. The maximum atomic E-state index is 13.1. The van der Waals surface area contributed by atoms with E-state index in [0.717, 1.165) is 0 Å². The second-order valence-corrected chi connectivity index (χ2v) is 9.88. The van der Waals surface area contributed by atoms with Crippen molar-refractivity contribution in [3.63, 3.8) is 0 Å². The fraction of sp³-hybridized carbons (Fsp3) is 0.296. The van der Waals surface area contributed by atoms with E-state index >= 15 is 0 Å². The zero-order valence-electron chi connectivity index (χ0n) is 20.6. The van der Waals surface area contributed by atoms with E-state index in [9.17, 15) is 9.59 Å². The summed E-state index contributed by atoms with van der Waals surface area (Å²) in [4.78, 5) is 38.7. The van der Waals surface area contributed by atoms with Crippen LogP contribution < -0.4 is 0 Å². The Morgan fingerprint density at radius 1 is 1.00 bits per heavy atom. The number of ether oxygens (including phenoxy) is 3. The summed E-state index contributed by atoms with van der Waals surface area (Å²) in [5.41, 5.74) is 0.420. The number of carbonyl (C=O) groups excluding carboxylic acids is 2. The van der Waals surface area contributed by atoms with Crippen molar-refractivity contribution in [2.24, 2.45) is 5.41 Å². The van der Waals surface area contributed by atoms with E-state index < -0.39 is 35.8 Å². The van der Waals surface area contributed by atoms with Gasteiger partial charge in [0.2, 0.25) is 5.28 Å². The molecule has 1 fully saturated rings. The number of rotatable bonds is 7. The van der Waals surface area contributed by atoms with E-state index in [-0.39, 0.29) is 17.0 Å². The Bertz CT molecular complexity index is 1470. The van der Waals surface area contributed by atoms with E-state index in [2.05, 4.69) is 15.0 Å². The number of hydrogen-bond donors (Lipinski definition) is 0. The summed E-state index contributed by atoms with van der Waals surface area (Å²) in [5, 5.41) is 0.0339. The van der Waals surface area contributed by atoms with Crippen LogP contribution in [0.4, 0.5) is 0 Å². The fourth-order valence-electron chi connectivity index (χ4n) is 4.68. The molecule has 38 heavy (non-hydrogen) atoms. The Morgan fingerprint density at radius 3 is 2.26 bits per heavy atom. The molecule has 2 aromatic heterocycles. The predicted octanol–water partition coefficient (Wildman–Crippen LogP) is 5.53. The third kappa shape index (κ3) is 4.84. The van der Waals surface area contributed by atoms with Crippen LogP contribution in [0.5, 0.6) is 0 Å². The highest BCUT2D eigenvalue weighted by molar-refractivity contribution is 6.35. The minimum atomic E-state index is -1.05. The molecule has 0 saturated carbocycles. The summed E-state index contributed by atoms with van der Waals surface area (Å²) in [7, 11) is 0. The molecule has 0 bridgehead atoms. The van der Waals surface area contributed by atoms with Gasteiger partial charge in [-0.1, -0.05) is 54.9 Å². The quantitative estimate of drug-likeness (QED) is 0.167. The van der Waals surface area contributed by atoms with Gasteiger partial charge in [-0.15, -0.1) is 0 Å². The number of carbonyl (C=O) groups is 2. The number of esters is 2. The Morgan fingerprint density at radius 2 is 1.63 bits per heavy atom. The van der Waals surface area contributed by atoms with Crippen LogP contribution in [0.15, 0.2) is 67.0 Å². The smallest absolute Gasteiger partial charge is 0.338 e. The summed E-state index contributed by atoms with van der Waals surface area (Å²) in [6.07, 6.45) is -0.0550. The van der Waals surface area contributed by atoms with Crippen LogP contribution in [-0.2, 0) is 14.2 Å². The molecule has 196 valence electrons. The highest BCUT2D eigenvalue weighted by atomic mass is 35.5. The first-order valence-corrected chi connectivity index (χ1v) is 12.8. The molecule has 4 aromatic rings. The average Bonchev–Trinajstić information content (AvgIpc) is 3.47. The van der Waals surface area contributed by atoms with Crippen LogP contribution in [0, 0.1) is 5.41 Å². The molecule has 1 aliphatic rings. The second kappa shape index (κ2) is 10.7. The molecule has 5 rings (SSSR count). The highest BCUT2D eigenvalue weighted by Gasteiger charge is 2.57. The Balaban J connectivity index is 1.54. The summed E-state index contributed by atoms with van der Waals surface area (Å²) >= 11 is 12.3. The maximum absolute atomic E-state index is 13.1. The van der Waals surface area contributed by atoms with Gasteiger partial charge in [-0.25, -0.2) is 19.6 Å². The Hall–Kier alpha value is -3.53. The van der Waals surface area contributed by atoms with Gasteiger partial charge in [-0.2, -0.15) is 4.98 Å². The van der Waals surface area contributed by atoms with Crippen LogP contribution in [0.3, 0.4) is 0 Å². The second-order valence-electron chi connectivity index (χ2n) is 9.18. The van der Waals surface area contributed by atoms with Crippen molar-refractivity contribution in [1.29, 1.82) is 0 Å². The molecule has 1 aliphatic heterocycles. The van der Waals surface area contributed by atoms with Crippen LogP contribution in [0.1, 0.15) is 47.2 Å². The molecule has 0 amide bonds. The first kappa shape index (κ1) is 26.1. The van der Waals surface area contributed by atoms with Gasteiger partial charge >= 0.3 is 11.9 Å². The minimum absolute atomic E-state index is 0.0569. The van der Waals surface area contributed by atoms with Crippen LogP contribution in [0.2, 0.25) is 10.4 Å². The van der Waals surface area contributed by atoms with Gasteiger partial charge in [0, 0.05) is 0 Å². The number of hydrogen-bond acceptors (Lipinski definition) is 8. The van der Waals surface area contributed by atoms with E-state index in [1.165, 1.54) is 6.33 Å². The lowest BCUT2D eigenvalue weighted by Crippen LogP contribution is -2.44. The largest absolute Gasteiger partial charge is 0.461 e. The molecule has 11 heteroatoms. The maximum Gasteiger partial charge on any atom is 0.338 e. The molecule has 1 saturated heterocycles. The molecule has 9 nitrogen and oxygen atoms in total. The van der Waals surface area contributed by atoms with Gasteiger partial charge in [0.15, 0.2) is 10.8 Å². The van der Waals surface area contributed by atoms with Crippen molar-refractivity contribution in [2.75, 3.05) is 6.61 Å². The monoisotopic (exact) mass is 554 g/mol. The van der Waals surface area contributed by atoms with Gasteiger partial charge in [-0.05, 0) is 49.2 Å². The molecule has 3 heterocycles. The topological polar surface area (TPSA) is 105 Å². The van der Waals surface area contributed by atoms with Crippen molar-refractivity contribution in [1.82, 2.24) is 19.5 Å². The van der Waals surface area contributed by atoms with Crippen LogP contribution in [-0.4, -0.2) is 50.3 Å². The number of aromatic nitrogens is 4. The summed E-state index contributed by atoms with van der Waals surface area (Å²) < 4.78 is 20.0. The highest BCUT2D eigenvalue weighted by Crippen LogP contribution is 2.49. The Kier molecular flexibility index (Phi) is 7.34. The van der Waals surface area contributed by atoms with Gasteiger partial charge in [0.1, 0.15) is 24.5 Å². The fourth-order valence-corrected chi connectivity index (χ4v) is 5.10. The van der Waals surface area contributed by atoms with Gasteiger partial charge in [-0.3, -0.25) is 4.57 Å². The molecule has 1 unspecified atom stereocenters. The molecule has 0 N–H and O–H groups in total. The third-order valence-corrected chi connectivity index (χ3v) is 7.06. The van der Waals surface area contributed by atoms with E-state index in [1.807, 2.05) is 26.0 Å². The summed E-state index contributed by atoms with van der Waals surface area (Å²) in [5.74, 6) is -1.02. The molecular formula is C27H24Cl2N4O5. The van der Waals surface area contributed by atoms with Crippen molar-refractivity contribution in [3.8, 4) is 0 Å². The minimum Gasteiger partial charge on any atom is -0.461 e. The number of fused-ring (bicyclic) bond motifs is 1. The zero-order valence-corrected chi connectivity index (χ0v) is 22.1. The number of halogens is 2. The predicted molar refractivity (Wildman–Crippen MR) is 140 cm³/mol. The normalized spacial score (nSPS) is 22.9. The Labute approximate surface area is 228 Å². The van der Waals surface area contributed by atoms with E-state index in [4.69, 9.17) is 37.4 Å². The van der Waals surface area contributed by atoms with Crippen LogP contribution >= 0.6 is 23.2 Å². The standard InChI is InChI=1S/C27H24Cl2N4O5/c1-3-18-20(38-24(35)17-12-8-5-9-13-17)27(2,14-36-23(34)16-10-6-4-7-11-16)25(37-18)33-15-30-19-21(28)31-26(29)32-22(19)33/h4-13,15,18,20,25H,3,14H2,1-2H3/t18-,20?,25-,27+/m1/s1. The number of nitrogens with zero attached hydrogens (tertiary/aromatic N) is 4. The van der Waals surface area contributed by atoms with Gasteiger partial charge < -0.3 is 14.2 Å². The zero-order chi connectivity index (χ0) is 26.9. The third-order valence-electron chi connectivity index (χ3n) is 6.63.